The number of carbonyl (C=O) groups excluding carboxylic acids is 1. The third-order valence-corrected chi connectivity index (χ3v) is 5.71. The highest BCUT2D eigenvalue weighted by atomic mass is 79.9. The molecule has 1 amide bonds. The molecule has 0 aliphatic rings. The maximum atomic E-state index is 12.8. The number of para-hydroxylation sites is 1. The quantitative estimate of drug-likeness (QED) is 0.174. The summed E-state index contributed by atoms with van der Waals surface area (Å²) in [4.78, 5) is 12.8. The van der Waals surface area contributed by atoms with Crippen LogP contribution in [0, 0.1) is 18.3 Å². The van der Waals surface area contributed by atoms with Gasteiger partial charge in [0.15, 0.2) is 11.5 Å². The molecule has 3 aromatic carbocycles. The van der Waals surface area contributed by atoms with Crippen LogP contribution in [0.4, 0.5) is 5.69 Å². The van der Waals surface area contributed by atoms with Crippen LogP contribution in [0.3, 0.4) is 0 Å². The number of hydrogen-bond donors (Lipinski definition) is 1. The van der Waals surface area contributed by atoms with Crippen molar-refractivity contribution in [2.45, 2.75) is 26.9 Å². The number of ether oxygens (including phenoxy) is 2. The summed E-state index contributed by atoms with van der Waals surface area (Å²) < 4.78 is 13.1. The summed E-state index contributed by atoms with van der Waals surface area (Å²) in [5.74, 6) is 0.696. The topological polar surface area (TPSA) is 71.4 Å². The molecule has 0 aromatic heterocycles. The Morgan fingerprint density at radius 3 is 2.54 bits per heavy atom. The van der Waals surface area contributed by atoms with Crippen LogP contribution in [0.15, 0.2) is 83.4 Å². The van der Waals surface area contributed by atoms with Gasteiger partial charge < -0.3 is 14.8 Å². The zero-order valence-corrected chi connectivity index (χ0v) is 21.4. The summed E-state index contributed by atoms with van der Waals surface area (Å²) in [6, 6.07) is 21.0. The largest absolute Gasteiger partial charge is 0.490 e. The van der Waals surface area contributed by atoms with E-state index in [1.807, 2.05) is 68.4 Å². The van der Waals surface area contributed by atoms with Gasteiger partial charge in [-0.2, -0.15) is 5.26 Å². The Kier molecular flexibility index (Phi) is 9.28. The van der Waals surface area contributed by atoms with E-state index in [0.29, 0.717) is 42.4 Å². The average Bonchev–Trinajstić information content (AvgIpc) is 2.85. The van der Waals surface area contributed by atoms with E-state index in [1.165, 1.54) is 0 Å². The summed E-state index contributed by atoms with van der Waals surface area (Å²) in [5.41, 5.74) is 4.10. The number of nitriles is 1. The summed E-state index contributed by atoms with van der Waals surface area (Å²) in [6.45, 7) is 8.46. The predicted molar refractivity (Wildman–Crippen MR) is 143 cm³/mol. The van der Waals surface area contributed by atoms with E-state index >= 15 is 0 Å². The number of allylic oxidation sites excluding steroid dienone is 1. The van der Waals surface area contributed by atoms with E-state index in [0.717, 1.165) is 21.2 Å². The van der Waals surface area contributed by atoms with E-state index in [4.69, 9.17) is 9.47 Å². The van der Waals surface area contributed by atoms with Gasteiger partial charge >= 0.3 is 0 Å². The molecular weight excluding hydrogens is 504 g/mol. The van der Waals surface area contributed by atoms with Gasteiger partial charge in [-0.3, -0.25) is 4.79 Å². The molecule has 0 spiro atoms. The Morgan fingerprint density at radius 2 is 1.89 bits per heavy atom. The van der Waals surface area contributed by atoms with Crippen LogP contribution in [-0.4, -0.2) is 12.5 Å². The molecule has 0 aliphatic heterocycles. The van der Waals surface area contributed by atoms with E-state index in [1.54, 1.807) is 24.3 Å². The molecule has 0 radical (unpaired) electrons. The van der Waals surface area contributed by atoms with Gasteiger partial charge in [-0.25, -0.2) is 0 Å². The second kappa shape index (κ2) is 12.6. The number of hydrogen-bond acceptors (Lipinski definition) is 4. The predicted octanol–water partition coefficient (Wildman–Crippen LogP) is 7.01. The first kappa shape index (κ1) is 25.8. The van der Waals surface area contributed by atoms with E-state index in [2.05, 4.69) is 27.8 Å². The summed E-state index contributed by atoms with van der Waals surface area (Å²) >= 11 is 3.44. The molecule has 0 saturated carbocycles. The molecule has 0 bridgehead atoms. The fraction of sp³-hybridized carbons (Fsp3) is 0.172. The highest BCUT2D eigenvalue weighted by Crippen LogP contribution is 2.35. The molecule has 0 atom stereocenters. The van der Waals surface area contributed by atoms with Crippen LogP contribution in [0.2, 0.25) is 0 Å². The van der Waals surface area contributed by atoms with Crippen molar-refractivity contribution in [3.63, 3.8) is 0 Å². The number of nitrogens with zero attached hydrogens (tertiary/aromatic N) is 1. The highest BCUT2D eigenvalue weighted by Gasteiger charge is 2.16. The van der Waals surface area contributed by atoms with Crippen molar-refractivity contribution in [1.29, 1.82) is 5.26 Å². The van der Waals surface area contributed by atoms with Crippen molar-refractivity contribution >= 4 is 33.6 Å². The van der Waals surface area contributed by atoms with Crippen molar-refractivity contribution in [3.05, 3.63) is 106 Å². The van der Waals surface area contributed by atoms with Crippen molar-refractivity contribution in [1.82, 2.24) is 0 Å². The first-order valence-electron chi connectivity index (χ1n) is 11.2. The van der Waals surface area contributed by atoms with Crippen molar-refractivity contribution in [2.75, 3.05) is 11.9 Å². The van der Waals surface area contributed by atoms with Crippen LogP contribution < -0.4 is 14.8 Å². The first-order chi connectivity index (χ1) is 16.9. The number of halogens is 1. The minimum atomic E-state index is -0.472. The maximum absolute atomic E-state index is 12.8. The summed E-state index contributed by atoms with van der Waals surface area (Å²) in [5, 5.41) is 12.5. The molecule has 0 unspecified atom stereocenters. The fourth-order valence-corrected chi connectivity index (χ4v) is 3.72. The third kappa shape index (κ3) is 7.08. The second-order valence-electron chi connectivity index (χ2n) is 7.79. The lowest BCUT2D eigenvalue weighted by Gasteiger charge is -2.17. The van der Waals surface area contributed by atoms with Crippen molar-refractivity contribution in [3.8, 4) is 17.6 Å². The fourth-order valence-electron chi connectivity index (χ4n) is 3.45. The molecule has 5 nitrogen and oxygen atoms in total. The molecule has 3 aromatic rings. The number of benzene rings is 3. The highest BCUT2D eigenvalue weighted by molar-refractivity contribution is 9.10. The van der Waals surface area contributed by atoms with Gasteiger partial charge in [0.2, 0.25) is 0 Å². The molecule has 178 valence electrons. The molecule has 35 heavy (non-hydrogen) atoms. The van der Waals surface area contributed by atoms with Crippen LogP contribution in [0.25, 0.3) is 6.08 Å². The SMILES string of the molecule is C=CCc1cc(/C=C(/C#N)C(=O)Nc2ccccc2C)cc(OCC)c1OCc1ccc(Br)cc1. The minimum Gasteiger partial charge on any atom is -0.490 e. The Bertz CT molecular complexity index is 1270. The van der Waals surface area contributed by atoms with Gasteiger partial charge in [0, 0.05) is 15.7 Å². The number of amides is 1. The molecule has 0 aliphatic carbocycles. The van der Waals surface area contributed by atoms with Crippen LogP contribution in [-0.2, 0) is 17.8 Å². The van der Waals surface area contributed by atoms with Gasteiger partial charge in [0.05, 0.1) is 6.61 Å². The van der Waals surface area contributed by atoms with Crippen LogP contribution >= 0.6 is 15.9 Å². The lowest BCUT2D eigenvalue weighted by atomic mass is 10.0. The number of nitrogens with one attached hydrogen (secondary N) is 1. The van der Waals surface area contributed by atoms with Gasteiger partial charge in [-0.05, 0) is 73.4 Å². The maximum Gasteiger partial charge on any atom is 0.266 e. The molecule has 6 heteroatoms. The van der Waals surface area contributed by atoms with Gasteiger partial charge in [-0.1, -0.05) is 52.3 Å². The Balaban J connectivity index is 1.93. The Morgan fingerprint density at radius 1 is 1.14 bits per heavy atom. The van der Waals surface area contributed by atoms with Gasteiger partial charge in [-0.15, -0.1) is 6.58 Å². The summed E-state index contributed by atoms with van der Waals surface area (Å²) in [6.07, 6.45) is 3.87. The molecule has 3 rings (SSSR count). The first-order valence-corrected chi connectivity index (χ1v) is 12.0. The van der Waals surface area contributed by atoms with E-state index in [-0.39, 0.29) is 5.57 Å². The third-order valence-electron chi connectivity index (χ3n) is 5.18. The molecule has 0 saturated heterocycles. The number of aryl methyl sites for hydroxylation is 1. The van der Waals surface area contributed by atoms with E-state index in [9.17, 15) is 10.1 Å². The normalized spacial score (nSPS) is 10.9. The Labute approximate surface area is 214 Å². The molecule has 0 fully saturated rings. The monoisotopic (exact) mass is 530 g/mol. The lowest BCUT2D eigenvalue weighted by molar-refractivity contribution is -0.112. The average molecular weight is 531 g/mol. The molecule has 0 heterocycles. The summed E-state index contributed by atoms with van der Waals surface area (Å²) in [7, 11) is 0. The minimum absolute atomic E-state index is 0.0104. The standard InChI is InChI=1S/C29H27BrN2O3/c1-4-8-23-15-22(16-24(18-31)29(33)32-26-10-7-6-9-20(26)3)17-27(34-5-2)28(23)35-19-21-11-13-25(30)14-12-21/h4,6-7,9-17H,1,5,8,19H2,2-3H3,(H,32,33)/b24-16-. The number of carbonyl (C=O) groups is 1. The van der Waals surface area contributed by atoms with Gasteiger partial charge in [0.1, 0.15) is 18.2 Å². The smallest absolute Gasteiger partial charge is 0.266 e. The van der Waals surface area contributed by atoms with Crippen LogP contribution in [0.5, 0.6) is 11.5 Å². The van der Waals surface area contributed by atoms with Crippen molar-refractivity contribution < 1.29 is 14.3 Å². The van der Waals surface area contributed by atoms with Gasteiger partial charge in [0.25, 0.3) is 5.91 Å². The lowest BCUT2D eigenvalue weighted by Crippen LogP contribution is -2.14. The van der Waals surface area contributed by atoms with Crippen molar-refractivity contribution in [2.24, 2.45) is 0 Å². The zero-order valence-electron chi connectivity index (χ0n) is 19.8. The number of anilines is 1. The Hall–Kier alpha value is -3.82. The van der Waals surface area contributed by atoms with Crippen LogP contribution in [0.1, 0.15) is 29.2 Å². The molecule has 1 N–H and O–H groups in total. The molecular formula is C29H27BrN2O3. The zero-order chi connectivity index (χ0) is 25.2. The van der Waals surface area contributed by atoms with E-state index < -0.39 is 5.91 Å². The number of rotatable bonds is 10. The second-order valence-corrected chi connectivity index (χ2v) is 8.70.